The van der Waals surface area contributed by atoms with Crippen molar-refractivity contribution in [2.75, 3.05) is 13.2 Å². The van der Waals surface area contributed by atoms with Crippen molar-refractivity contribution < 1.29 is 28.6 Å². The van der Waals surface area contributed by atoms with Gasteiger partial charge in [-0.1, -0.05) is 153 Å². The fourth-order valence-electron chi connectivity index (χ4n) is 5.46. The lowest BCUT2D eigenvalue weighted by atomic mass is 10.1. The lowest BCUT2D eigenvalue weighted by Crippen LogP contribution is -2.30. The number of allylic oxidation sites excluding steroid dienone is 8. The Kier molecular flexibility index (Phi) is 37.1. The van der Waals surface area contributed by atoms with Gasteiger partial charge < -0.3 is 14.2 Å². The van der Waals surface area contributed by atoms with E-state index in [0.29, 0.717) is 19.3 Å². The molecule has 0 radical (unpaired) electrons. The number of hydrogen-bond donors (Lipinski definition) is 0. The average molecular weight is 701 g/mol. The minimum atomic E-state index is -0.790. The minimum absolute atomic E-state index is 0.0911. The first kappa shape index (κ1) is 47.4. The Morgan fingerprint density at radius 3 is 1.32 bits per heavy atom. The van der Waals surface area contributed by atoms with Crippen LogP contribution in [-0.4, -0.2) is 37.2 Å². The third kappa shape index (κ3) is 36.6. The maximum atomic E-state index is 12.6. The highest BCUT2D eigenvalue weighted by atomic mass is 16.6. The van der Waals surface area contributed by atoms with E-state index in [0.717, 1.165) is 83.5 Å². The van der Waals surface area contributed by atoms with Crippen LogP contribution >= 0.6 is 0 Å². The van der Waals surface area contributed by atoms with Gasteiger partial charge in [-0.2, -0.15) is 0 Å². The first-order valence-corrected chi connectivity index (χ1v) is 20.6. The van der Waals surface area contributed by atoms with Gasteiger partial charge in [0.1, 0.15) is 13.2 Å². The van der Waals surface area contributed by atoms with E-state index >= 15 is 0 Å². The van der Waals surface area contributed by atoms with Crippen LogP contribution < -0.4 is 0 Å². The highest BCUT2D eigenvalue weighted by molar-refractivity contribution is 5.71. The van der Waals surface area contributed by atoms with Crippen molar-refractivity contribution in [3.63, 3.8) is 0 Å². The summed E-state index contributed by atoms with van der Waals surface area (Å²) in [6, 6.07) is 0. The predicted molar refractivity (Wildman–Crippen MR) is 210 cm³/mol. The van der Waals surface area contributed by atoms with Crippen molar-refractivity contribution in [2.24, 2.45) is 0 Å². The summed E-state index contributed by atoms with van der Waals surface area (Å²) in [6.45, 7) is 6.40. The Balaban J connectivity index is 4.41. The molecule has 0 aromatic heterocycles. The van der Waals surface area contributed by atoms with E-state index in [2.05, 4.69) is 69.4 Å². The van der Waals surface area contributed by atoms with Crippen molar-refractivity contribution in [2.45, 2.75) is 200 Å². The summed E-state index contributed by atoms with van der Waals surface area (Å²) in [4.78, 5) is 37.4. The maximum absolute atomic E-state index is 12.6. The van der Waals surface area contributed by atoms with Gasteiger partial charge in [0.15, 0.2) is 6.10 Å². The van der Waals surface area contributed by atoms with Crippen molar-refractivity contribution >= 4 is 17.9 Å². The number of esters is 3. The fraction of sp³-hybridized carbons (Fsp3) is 0.750. The van der Waals surface area contributed by atoms with Gasteiger partial charge >= 0.3 is 17.9 Å². The van der Waals surface area contributed by atoms with Crippen LogP contribution in [0.2, 0.25) is 0 Å². The van der Waals surface area contributed by atoms with Gasteiger partial charge in [0, 0.05) is 19.3 Å². The van der Waals surface area contributed by atoms with Crippen molar-refractivity contribution in [3.05, 3.63) is 48.6 Å². The molecule has 288 valence electrons. The number of rotatable bonds is 36. The molecule has 0 aliphatic rings. The molecular weight excluding hydrogens is 624 g/mol. The van der Waals surface area contributed by atoms with Gasteiger partial charge in [-0.25, -0.2) is 0 Å². The molecule has 0 aromatic rings. The predicted octanol–water partition coefficient (Wildman–Crippen LogP) is 12.8. The molecule has 0 heterocycles. The molecule has 0 aromatic carbocycles. The topological polar surface area (TPSA) is 78.9 Å². The summed E-state index contributed by atoms with van der Waals surface area (Å²) >= 11 is 0. The average Bonchev–Trinajstić information content (AvgIpc) is 3.11. The molecule has 0 saturated carbocycles. The lowest BCUT2D eigenvalue weighted by molar-refractivity contribution is -0.167. The summed E-state index contributed by atoms with van der Waals surface area (Å²) < 4.78 is 16.5. The molecule has 1 unspecified atom stereocenters. The van der Waals surface area contributed by atoms with E-state index in [4.69, 9.17) is 14.2 Å². The van der Waals surface area contributed by atoms with Gasteiger partial charge in [-0.3, -0.25) is 14.4 Å². The zero-order valence-electron chi connectivity index (χ0n) is 32.7. The van der Waals surface area contributed by atoms with Crippen molar-refractivity contribution in [1.82, 2.24) is 0 Å². The monoisotopic (exact) mass is 701 g/mol. The van der Waals surface area contributed by atoms with Crippen LogP contribution in [0.3, 0.4) is 0 Å². The Hall–Kier alpha value is -2.63. The zero-order chi connectivity index (χ0) is 36.6. The lowest BCUT2D eigenvalue weighted by Gasteiger charge is -2.18. The Morgan fingerprint density at radius 1 is 0.420 bits per heavy atom. The molecule has 0 amide bonds. The Labute approximate surface area is 307 Å². The van der Waals surface area contributed by atoms with Crippen LogP contribution in [0.1, 0.15) is 194 Å². The third-order valence-electron chi connectivity index (χ3n) is 8.57. The number of hydrogen-bond acceptors (Lipinski definition) is 6. The van der Waals surface area contributed by atoms with E-state index in [9.17, 15) is 14.4 Å². The quantitative estimate of drug-likeness (QED) is 0.0280. The molecule has 0 fully saturated rings. The van der Waals surface area contributed by atoms with Crippen molar-refractivity contribution in [1.29, 1.82) is 0 Å². The van der Waals surface area contributed by atoms with Gasteiger partial charge in [-0.15, -0.1) is 0 Å². The maximum Gasteiger partial charge on any atom is 0.306 e. The highest BCUT2D eigenvalue weighted by Crippen LogP contribution is 2.12. The number of unbranched alkanes of at least 4 members (excludes halogenated alkanes) is 17. The molecule has 0 spiro atoms. The molecule has 6 heteroatoms. The minimum Gasteiger partial charge on any atom is -0.462 e. The zero-order valence-corrected chi connectivity index (χ0v) is 32.7. The summed E-state index contributed by atoms with van der Waals surface area (Å²) in [6.07, 6.45) is 43.9. The number of carbonyl (C=O) groups excluding carboxylic acids is 3. The van der Waals surface area contributed by atoms with Gasteiger partial charge in [0.2, 0.25) is 0 Å². The smallest absolute Gasteiger partial charge is 0.306 e. The molecule has 0 saturated heterocycles. The second-order valence-corrected chi connectivity index (χ2v) is 13.5. The fourth-order valence-corrected chi connectivity index (χ4v) is 5.46. The first-order chi connectivity index (χ1) is 24.5. The third-order valence-corrected chi connectivity index (χ3v) is 8.57. The molecule has 0 N–H and O–H groups in total. The Bertz CT molecular complexity index is 902. The van der Waals surface area contributed by atoms with E-state index in [1.165, 1.54) is 64.2 Å². The van der Waals surface area contributed by atoms with Gasteiger partial charge in [-0.05, 0) is 70.6 Å². The number of ether oxygens (including phenoxy) is 3. The molecule has 0 aliphatic heterocycles. The second kappa shape index (κ2) is 39.2. The van der Waals surface area contributed by atoms with E-state index in [1.807, 2.05) is 0 Å². The summed E-state index contributed by atoms with van der Waals surface area (Å²) in [7, 11) is 0. The molecule has 1 atom stereocenters. The molecular formula is C44H76O6. The molecule has 50 heavy (non-hydrogen) atoms. The van der Waals surface area contributed by atoms with Crippen LogP contribution in [0, 0.1) is 0 Å². The van der Waals surface area contributed by atoms with Gasteiger partial charge in [0.05, 0.1) is 0 Å². The van der Waals surface area contributed by atoms with Crippen LogP contribution in [0.5, 0.6) is 0 Å². The van der Waals surface area contributed by atoms with E-state index in [1.54, 1.807) is 0 Å². The van der Waals surface area contributed by atoms with E-state index in [-0.39, 0.29) is 37.5 Å². The molecule has 0 rings (SSSR count). The van der Waals surface area contributed by atoms with E-state index < -0.39 is 6.10 Å². The summed E-state index contributed by atoms with van der Waals surface area (Å²) in [5, 5.41) is 0. The van der Waals surface area contributed by atoms with Gasteiger partial charge in [0.25, 0.3) is 0 Å². The summed E-state index contributed by atoms with van der Waals surface area (Å²) in [5.74, 6) is -0.960. The van der Waals surface area contributed by atoms with Crippen LogP contribution in [0.15, 0.2) is 48.6 Å². The Morgan fingerprint density at radius 2 is 0.800 bits per heavy atom. The normalized spacial score (nSPS) is 12.5. The highest BCUT2D eigenvalue weighted by Gasteiger charge is 2.19. The second-order valence-electron chi connectivity index (χ2n) is 13.5. The summed E-state index contributed by atoms with van der Waals surface area (Å²) in [5.41, 5.74) is 0. The largest absolute Gasteiger partial charge is 0.462 e. The number of carbonyl (C=O) groups is 3. The van der Waals surface area contributed by atoms with Crippen LogP contribution in [0.4, 0.5) is 0 Å². The molecule has 0 aliphatic carbocycles. The first-order valence-electron chi connectivity index (χ1n) is 20.6. The van der Waals surface area contributed by atoms with Crippen LogP contribution in [0.25, 0.3) is 0 Å². The van der Waals surface area contributed by atoms with Crippen LogP contribution in [-0.2, 0) is 28.6 Å². The standard InChI is InChI=1S/C44H76O6/c1-4-7-10-13-16-19-20-21-22-23-26-28-31-34-37-43(46)49-40-41(50-44(47)38-35-32-29-25-18-15-12-9-6-3)39-48-42(45)36-33-30-27-24-17-14-11-8-5-2/h7,10,16,19,21-22,25,29,41H,4-6,8-9,11-15,17-18,20,23-24,26-28,30-40H2,1-3H3/b10-7-,19-16-,22-21-,29-25-. The SMILES string of the molecule is CC/C=C\C/C=C\C/C=C\CCCCCCC(=O)OCC(COC(=O)CCCCCCCCCCC)OC(=O)CCC/C=C\CCCCCC. The molecule has 0 bridgehead atoms. The molecule has 6 nitrogen and oxygen atoms in total. The van der Waals surface area contributed by atoms with Crippen molar-refractivity contribution in [3.8, 4) is 0 Å².